The van der Waals surface area contributed by atoms with E-state index in [4.69, 9.17) is 0 Å². The molecular formula is C21H17F2N3O2. The van der Waals surface area contributed by atoms with Crippen molar-refractivity contribution in [3.8, 4) is 0 Å². The van der Waals surface area contributed by atoms with Crippen LogP contribution in [0.25, 0.3) is 0 Å². The molecule has 5 nitrogen and oxygen atoms in total. The Morgan fingerprint density at radius 1 is 0.679 bits per heavy atom. The van der Waals surface area contributed by atoms with Gasteiger partial charge < -0.3 is 10.6 Å². The number of pyridine rings is 1. The second kappa shape index (κ2) is 8.85. The molecule has 0 aliphatic heterocycles. The van der Waals surface area contributed by atoms with E-state index in [0.29, 0.717) is 11.1 Å². The molecule has 2 aromatic carbocycles. The Bertz CT molecular complexity index is 931. The number of benzene rings is 2. The lowest BCUT2D eigenvalue weighted by Gasteiger charge is -2.08. The zero-order chi connectivity index (χ0) is 19.9. The van der Waals surface area contributed by atoms with E-state index in [9.17, 15) is 18.4 Å². The standard InChI is InChI=1S/C21H17F2N3O2/c22-16-8-3-1-6-14(16)12-24-20(27)18-10-5-11-19(26-18)21(28)25-13-15-7-2-4-9-17(15)23/h1-11H,12-13H2,(H,24,27)(H,25,28). The van der Waals surface area contributed by atoms with Crippen LogP contribution in [-0.2, 0) is 13.1 Å². The van der Waals surface area contributed by atoms with Gasteiger partial charge in [0, 0.05) is 24.2 Å². The van der Waals surface area contributed by atoms with Gasteiger partial charge in [0.15, 0.2) is 0 Å². The van der Waals surface area contributed by atoms with Crippen LogP contribution in [0.2, 0.25) is 0 Å². The van der Waals surface area contributed by atoms with Gasteiger partial charge in [0.25, 0.3) is 11.8 Å². The topological polar surface area (TPSA) is 71.1 Å². The summed E-state index contributed by atoms with van der Waals surface area (Å²) in [6.45, 7) is -0.00616. The highest BCUT2D eigenvalue weighted by atomic mass is 19.1. The lowest BCUT2D eigenvalue weighted by atomic mass is 10.2. The second-order valence-corrected chi connectivity index (χ2v) is 5.96. The molecule has 1 aromatic heterocycles. The van der Waals surface area contributed by atoms with Crippen molar-refractivity contribution in [3.63, 3.8) is 0 Å². The van der Waals surface area contributed by atoms with Gasteiger partial charge in [-0.1, -0.05) is 42.5 Å². The van der Waals surface area contributed by atoms with Crippen molar-refractivity contribution in [1.82, 2.24) is 15.6 Å². The number of nitrogens with one attached hydrogen (secondary N) is 2. The molecule has 0 atom stereocenters. The normalized spacial score (nSPS) is 10.4. The van der Waals surface area contributed by atoms with E-state index in [0.717, 1.165) is 0 Å². The van der Waals surface area contributed by atoms with Crippen molar-refractivity contribution < 1.29 is 18.4 Å². The lowest BCUT2D eigenvalue weighted by molar-refractivity contribution is 0.0941. The molecule has 0 radical (unpaired) electrons. The molecule has 2 N–H and O–H groups in total. The highest BCUT2D eigenvalue weighted by Crippen LogP contribution is 2.08. The van der Waals surface area contributed by atoms with Gasteiger partial charge >= 0.3 is 0 Å². The number of hydrogen-bond acceptors (Lipinski definition) is 3. The van der Waals surface area contributed by atoms with E-state index in [1.807, 2.05) is 0 Å². The summed E-state index contributed by atoms with van der Waals surface area (Å²) in [5.74, 6) is -1.91. The van der Waals surface area contributed by atoms with E-state index >= 15 is 0 Å². The molecule has 0 unspecified atom stereocenters. The summed E-state index contributed by atoms with van der Waals surface area (Å²) in [7, 11) is 0. The first-order valence-corrected chi connectivity index (χ1v) is 8.55. The van der Waals surface area contributed by atoms with Gasteiger partial charge in [0.1, 0.15) is 23.0 Å². The third-order valence-electron chi connectivity index (χ3n) is 4.01. The number of nitrogens with zero attached hydrogens (tertiary/aromatic N) is 1. The Kier molecular flexibility index (Phi) is 6.06. The van der Waals surface area contributed by atoms with Crippen molar-refractivity contribution in [2.75, 3.05) is 0 Å². The number of amides is 2. The molecule has 3 rings (SSSR count). The molecule has 0 aliphatic rings. The molecule has 2 amide bonds. The summed E-state index contributed by atoms with van der Waals surface area (Å²) < 4.78 is 27.2. The third-order valence-corrected chi connectivity index (χ3v) is 4.01. The quantitative estimate of drug-likeness (QED) is 0.689. The molecule has 1 heterocycles. The van der Waals surface area contributed by atoms with Crippen LogP contribution in [0.3, 0.4) is 0 Å². The zero-order valence-corrected chi connectivity index (χ0v) is 14.8. The van der Waals surface area contributed by atoms with Crippen molar-refractivity contribution in [1.29, 1.82) is 0 Å². The fourth-order valence-electron chi connectivity index (χ4n) is 2.50. The maximum absolute atomic E-state index is 13.6. The Morgan fingerprint density at radius 3 is 1.54 bits per heavy atom. The van der Waals surface area contributed by atoms with E-state index in [-0.39, 0.29) is 24.5 Å². The lowest BCUT2D eigenvalue weighted by Crippen LogP contribution is -2.27. The van der Waals surface area contributed by atoms with Gasteiger partial charge in [-0.2, -0.15) is 0 Å². The Labute approximate surface area is 160 Å². The van der Waals surface area contributed by atoms with Crippen molar-refractivity contribution in [2.45, 2.75) is 13.1 Å². The second-order valence-electron chi connectivity index (χ2n) is 5.96. The van der Waals surface area contributed by atoms with Crippen LogP contribution < -0.4 is 10.6 Å². The minimum Gasteiger partial charge on any atom is -0.347 e. The van der Waals surface area contributed by atoms with Crippen LogP contribution >= 0.6 is 0 Å². The van der Waals surface area contributed by atoms with Crippen molar-refractivity contribution >= 4 is 11.8 Å². The highest BCUT2D eigenvalue weighted by molar-refractivity contribution is 5.96. The summed E-state index contributed by atoms with van der Waals surface area (Å²) in [5.41, 5.74) is 0.731. The average molecular weight is 381 g/mol. The van der Waals surface area contributed by atoms with Crippen LogP contribution in [0, 0.1) is 11.6 Å². The molecule has 7 heteroatoms. The van der Waals surface area contributed by atoms with Crippen molar-refractivity contribution in [3.05, 3.63) is 101 Å². The molecule has 3 aromatic rings. The molecule has 142 valence electrons. The molecule has 0 saturated carbocycles. The maximum Gasteiger partial charge on any atom is 0.270 e. The minimum absolute atomic E-state index is 0.00308. The molecule has 0 spiro atoms. The predicted octanol–water partition coefficient (Wildman–Crippen LogP) is 3.22. The Hall–Kier alpha value is -3.61. The molecule has 0 aliphatic carbocycles. The van der Waals surface area contributed by atoms with Gasteiger partial charge in [-0.05, 0) is 24.3 Å². The van der Waals surface area contributed by atoms with E-state index < -0.39 is 23.4 Å². The first-order chi connectivity index (χ1) is 13.5. The monoisotopic (exact) mass is 381 g/mol. The van der Waals surface area contributed by atoms with E-state index in [1.165, 1.54) is 30.3 Å². The van der Waals surface area contributed by atoms with Gasteiger partial charge in [-0.25, -0.2) is 13.8 Å². The number of rotatable bonds is 6. The largest absolute Gasteiger partial charge is 0.347 e. The zero-order valence-electron chi connectivity index (χ0n) is 14.8. The smallest absolute Gasteiger partial charge is 0.270 e. The average Bonchev–Trinajstić information content (AvgIpc) is 2.72. The molecular weight excluding hydrogens is 364 g/mol. The van der Waals surface area contributed by atoms with E-state index in [1.54, 1.807) is 36.4 Å². The number of aromatic nitrogens is 1. The third kappa shape index (κ3) is 4.76. The van der Waals surface area contributed by atoms with Crippen LogP contribution in [0.15, 0.2) is 66.7 Å². The Morgan fingerprint density at radius 2 is 1.11 bits per heavy atom. The first-order valence-electron chi connectivity index (χ1n) is 8.55. The summed E-state index contributed by atoms with van der Waals surface area (Å²) in [6, 6.07) is 16.6. The van der Waals surface area contributed by atoms with Crippen LogP contribution in [0.1, 0.15) is 32.1 Å². The summed E-state index contributed by atoms with van der Waals surface area (Å²) >= 11 is 0. The summed E-state index contributed by atoms with van der Waals surface area (Å²) in [5, 5.41) is 5.13. The maximum atomic E-state index is 13.6. The molecule has 0 fully saturated rings. The minimum atomic E-state index is -0.535. The predicted molar refractivity (Wildman–Crippen MR) is 99.4 cm³/mol. The molecule has 28 heavy (non-hydrogen) atoms. The van der Waals surface area contributed by atoms with Gasteiger partial charge in [-0.15, -0.1) is 0 Å². The molecule has 0 saturated heterocycles. The fraction of sp³-hybridized carbons (Fsp3) is 0.0952. The van der Waals surface area contributed by atoms with Crippen LogP contribution in [0.4, 0.5) is 8.78 Å². The van der Waals surface area contributed by atoms with Crippen LogP contribution in [-0.4, -0.2) is 16.8 Å². The van der Waals surface area contributed by atoms with Gasteiger partial charge in [0.05, 0.1) is 0 Å². The molecule has 0 bridgehead atoms. The van der Waals surface area contributed by atoms with Crippen LogP contribution in [0.5, 0.6) is 0 Å². The first kappa shape index (κ1) is 19.2. The summed E-state index contributed by atoms with van der Waals surface area (Å²) in [4.78, 5) is 28.5. The van der Waals surface area contributed by atoms with E-state index in [2.05, 4.69) is 15.6 Å². The fourth-order valence-corrected chi connectivity index (χ4v) is 2.50. The summed E-state index contributed by atoms with van der Waals surface area (Å²) in [6.07, 6.45) is 0. The van der Waals surface area contributed by atoms with Gasteiger partial charge in [0.2, 0.25) is 0 Å². The number of carbonyl (C=O) groups excluding carboxylic acids is 2. The SMILES string of the molecule is O=C(NCc1ccccc1F)c1cccc(C(=O)NCc2ccccc2F)n1. The number of hydrogen-bond donors (Lipinski definition) is 2. The van der Waals surface area contributed by atoms with Crippen molar-refractivity contribution in [2.24, 2.45) is 0 Å². The number of halogens is 2. The highest BCUT2D eigenvalue weighted by Gasteiger charge is 2.13. The Balaban J connectivity index is 1.62. The number of carbonyl (C=O) groups is 2. The van der Waals surface area contributed by atoms with Gasteiger partial charge in [-0.3, -0.25) is 9.59 Å².